The van der Waals surface area contributed by atoms with Crippen LogP contribution < -0.4 is 5.32 Å². The summed E-state index contributed by atoms with van der Waals surface area (Å²) in [4.78, 5) is 13.6. The zero-order valence-electron chi connectivity index (χ0n) is 12.7. The van der Waals surface area contributed by atoms with Crippen molar-refractivity contribution >= 4 is 5.91 Å². The summed E-state index contributed by atoms with van der Waals surface area (Å²) in [6.07, 6.45) is 3.85. The molecule has 1 saturated carbocycles. The lowest BCUT2D eigenvalue weighted by Crippen LogP contribution is -2.47. The van der Waals surface area contributed by atoms with Crippen LogP contribution in [0.4, 0.5) is 0 Å². The van der Waals surface area contributed by atoms with Crippen LogP contribution in [-0.2, 0) is 4.79 Å². The van der Waals surface area contributed by atoms with Crippen LogP contribution in [0.5, 0.6) is 0 Å². The van der Waals surface area contributed by atoms with Crippen molar-refractivity contribution in [3.05, 3.63) is 0 Å². The molecule has 1 N–H and O–H groups in total. The lowest BCUT2D eigenvalue weighted by atomic mass is 9.74. The van der Waals surface area contributed by atoms with E-state index in [1.54, 1.807) is 4.90 Å². The molecule has 3 atom stereocenters. The Morgan fingerprint density at radius 3 is 2.61 bits per heavy atom. The molecule has 1 aliphatic rings. The fourth-order valence-electron chi connectivity index (χ4n) is 2.97. The van der Waals surface area contributed by atoms with Gasteiger partial charge in [0.2, 0.25) is 5.91 Å². The number of hydrogen-bond donors (Lipinski definition) is 1. The molecule has 0 saturated heterocycles. The predicted molar refractivity (Wildman–Crippen MR) is 76.4 cm³/mol. The van der Waals surface area contributed by atoms with Gasteiger partial charge in [-0.2, -0.15) is 0 Å². The topological polar surface area (TPSA) is 32.3 Å². The van der Waals surface area contributed by atoms with Crippen LogP contribution in [-0.4, -0.2) is 37.0 Å². The van der Waals surface area contributed by atoms with Gasteiger partial charge in [-0.05, 0) is 37.5 Å². The van der Waals surface area contributed by atoms with Gasteiger partial charge < -0.3 is 10.2 Å². The zero-order chi connectivity index (χ0) is 13.7. The van der Waals surface area contributed by atoms with Gasteiger partial charge in [0.15, 0.2) is 0 Å². The highest BCUT2D eigenvalue weighted by Crippen LogP contribution is 2.33. The highest BCUT2D eigenvalue weighted by atomic mass is 16.2. The minimum absolute atomic E-state index is 0.207. The van der Waals surface area contributed by atoms with Gasteiger partial charge in [-0.25, -0.2) is 0 Å². The maximum atomic E-state index is 11.8. The Morgan fingerprint density at radius 1 is 1.39 bits per heavy atom. The predicted octanol–water partition coefficient (Wildman–Crippen LogP) is 2.52. The number of hydrogen-bond acceptors (Lipinski definition) is 2. The van der Waals surface area contributed by atoms with Crippen molar-refractivity contribution in [1.29, 1.82) is 0 Å². The highest BCUT2D eigenvalue weighted by molar-refractivity contribution is 5.77. The van der Waals surface area contributed by atoms with Gasteiger partial charge in [0.25, 0.3) is 0 Å². The normalized spacial score (nSPS) is 28.4. The van der Waals surface area contributed by atoms with Gasteiger partial charge in [-0.3, -0.25) is 4.79 Å². The lowest BCUT2D eigenvalue weighted by Gasteiger charge is -2.38. The van der Waals surface area contributed by atoms with Crippen LogP contribution in [0.15, 0.2) is 0 Å². The summed E-state index contributed by atoms with van der Waals surface area (Å²) in [6, 6.07) is 0.517. The molecular formula is C15H30N2O. The van der Waals surface area contributed by atoms with E-state index in [0.29, 0.717) is 18.5 Å². The summed E-state index contributed by atoms with van der Waals surface area (Å²) in [5.41, 5.74) is 0. The Balaban J connectivity index is 2.48. The van der Waals surface area contributed by atoms with E-state index in [4.69, 9.17) is 0 Å². The molecule has 0 aromatic rings. The van der Waals surface area contributed by atoms with Gasteiger partial charge in [0.1, 0.15) is 0 Å². The number of nitrogens with one attached hydrogen (secondary N) is 1. The van der Waals surface area contributed by atoms with Crippen molar-refractivity contribution in [2.45, 2.75) is 53.0 Å². The molecule has 3 nitrogen and oxygen atoms in total. The van der Waals surface area contributed by atoms with Crippen molar-refractivity contribution in [3.8, 4) is 0 Å². The molecule has 18 heavy (non-hydrogen) atoms. The first kappa shape index (κ1) is 15.5. The Hall–Kier alpha value is -0.570. The monoisotopic (exact) mass is 254 g/mol. The molecule has 0 bridgehead atoms. The minimum Gasteiger partial charge on any atom is -0.345 e. The molecule has 0 aliphatic heterocycles. The molecular weight excluding hydrogens is 224 g/mol. The standard InChI is InChI=1S/C15H30N2O/c1-6-17(5)15(18)10-16-14-9-12(4)7-8-13(14)11(2)3/h11-14,16H,6-10H2,1-5H3. The summed E-state index contributed by atoms with van der Waals surface area (Å²) in [5.74, 6) is 2.42. The van der Waals surface area contributed by atoms with Gasteiger partial charge in [-0.1, -0.05) is 27.2 Å². The Labute approximate surface area is 112 Å². The summed E-state index contributed by atoms with van der Waals surface area (Å²) in [5, 5.41) is 3.51. The van der Waals surface area contributed by atoms with Crippen molar-refractivity contribution in [3.63, 3.8) is 0 Å². The molecule has 3 heteroatoms. The maximum absolute atomic E-state index is 11.8. The van der Waals surface area contributed by atoms with E-state index >= 15 is 0 Å². The van der Waals surface area contributed by atoms with Crippen molar-refractivity contribution in [1.82, 2.24) is 10.2 Å². The summed E-state index contributed by atoms with van der Waals surface area (Å²) >= 11 is 0. The van der Waals surface area contributed by atoms with E-state index in [1.807, 2.05) is 14.0 Å². The average Bonchev–Trinajstić information content (AvgIpc) is 2.34. The fourth-order valence-corrected chi connectivity index (χ4v) is 2.97. The van der Waals surface area contributed by atoms with Gasteiger partial charge in [-0.15, -0.1) is 0 Å². The third kappa shape index (κ3) is 4.27. The molecule has 0 aromatic heterocycles. The number of rotatable bonds is 5. The Kier molecular flexibility index (Phi) is 6.13. The van der Waals surface area contributed by atoms with Crippen molar-refractivity contribution in [2.24, 2.45) is 17.8 Å². The van der Waals surface area contributed by atoms with E-state index in [0.717, 1.165) is 18.4 Å². The smallest absolute Gasteiger partial charge is 0.236 e. The second-order valence-corrected chi connectivity index (χ2v) is 6.22. The zero-order valence-corrected chi connectivity index (χ0v) is 12.7. The largest absolute Gasteiger partial charge is 0.345 e. The van der Waals surface area contributed by atoms with E-state index in [2.05, 4.69) is 26.1 Å². The highest BCUT2D eigenvalue weighted by Gasteiger charge is 2.30. The number of amides is 1. The first-order valence-electron chi connectivity index (χ1n) is 7.43. The summed E-state index contributed by atoms with van der Waals surface area (Å²) in [7, 11) is 1.87. The van der Waals surface area contributed by atoms with Crippen LogP contribution in [0.2, 0.25) is 0 Å². The number of nitrogens with zero attached hydrogens (tertiary/aromatic N) is 1. The van der Waals surface area contributed by atoms with Crippen LogP contribution in [0, 0.1) is 17.8 Å². The van der Waals surface area contributed by atoms with E-state index in [-0.39, 0.29) is 5.91 Å². The molecule has 1 rings (SSSR count). The lowest BCUT2D eigenvalue weighted by molar-refractivity contribution is -0.129. The molecule has 3 unspecified atom stereocenters. The quantitative estimate of drug-likeness (QED) is 0.817. The maximum Gasteiger partial charge on any atom is 0.236 e. The molecule has 0 heterocycles. The Bertz CT molecular complexity index is 265. The van der Waals surface area contributed by atoms with Gasteiger partial charge >= 0.3 is 0 Å². The van der Waals surface area contributed by atoms with E-state index in [9.17, 15) is 4.79 Å². The minimum atomic E-state index is 0.207. The third-order valence-corrected chi connectivity index (χ3v) is 4.44. The first-order valence-corrected chi connectivity index (χ1v) is 7.43. The SMILES string of the molecule is CCN(C)C(=O)CNC1CC(C)CCC1C(C)C. The van der Waals surface area contributed by atoms with Gasteiger partial charge in [0, 0.05) is 19.6 Å². The molecule has 0 aromatic carbocycles. The molecule has 106 valence electrons. The van der Waals surface area contributed by atoms with Crippen LogP contribution in [0.25, 0.3) is 0 Å². The molecule has 0 spiro atoms. The Morgan fingerprint density at radius 2 is 2.06 bits per heavy atom. The average molecular weight is 254 g/mol. The molecule has 1 aliphatic carbocycles. The number of carbonyl (C=O) groups excluding carboxylic acids is 1. The first-order chi connectivity index (χ1) is 8.45. The van der Waals surface area contributed by atoms with Crippen molar-refractivity contribution in [2.75, 3.05) is 20.1 Å². The number of carbonyl (C=O) groups is 1. The second kappa shape index (κ2) is 7.13. The summed E-state index contributed by atoms with van der Waals surface area (Å²) in [6.45, 7) is 10.2. The molecule has 0 radical (unpaired) electrons. The number of likely N-dealkylation sites (N-methyl/N-ethyl adjacent to an activating group) is 1. The summed E-state index contributed by atoms with van der Waals surface area (Å²) < 4.78 is 0. The van der Waals surface area contributed by atoms with Crippen LogP contribution in [0.3, 0.4) is 0 Å². The van der Waals surface area contributed by atoms with Gasteiger partial charge in [0.05, 0.1) is 6.54 Å². The van der Waals surface area contributed by atoms with E-state index in [1.165, 1.54) is 19.3 Å². The van der Waals surface area contributed by atoms with Crippen LogP contribution >= 0.6 is 0 Å². The van der Waals surface area contributed by atoms with Crippen molar-refractivity contribution < 1.29 is 4.79 Å². The fraction of sp³-hybridized carbons (Fsp3) is 0.933. The van der Waals surface area contributed by atoms with E-state index < -0.39 is 0 Å². The molecule has 1 fully saturated rings. The third-order valence-electron chi connectivity index (χ3n) is 4.44. The second-order valence-electron chi connectivity index (χ2n) is 6.22. The molecule has 1 amide bonds. The van der Waals surface area contributed by atoms with Crippen LogP contribution in [0.1, 0.15) is 47.0 Å².